The van der Waals surface area contributed by atoms with Gasteiger partial charge in [-0.1, -0.05) is 17.7 Å². The van der Waals surface area contributed by atoms with Crippen molar-refractivity contribution < 1.29 is 4.79 Å². The van der Waals surface area contributed by atoms with Crippen molar-refractivity contribution in [2.24, 2.45) is 0 Å². The van der Waals surface area contributed by atoms with Crippen LogP contribution in [0.25, 0.3) is 10.9 Å². The van der Waals surface area contributed by atoms with E-state index in [0.717, 1.165) is 17.3 Å². The number of nitrogens with one attached hydrogen (secondary N) is 2. The van der Waals surface area contributed by atoms with Crippen LogP contribution in [0.5, 0.6) is 0 Å². The zero-order valence-electron chi connectivity index (χ0n) is 14.7. The number of aryl methyl sites for hydroxylation is 2. The van der Waals surface area contributed by atoms with Gasteiger partial charge in [0, 0.05) is 24.0 Å². The van der Waals surface area contributed by atoms with Gasteiger partial charge in [-0.25, -0.2) is 4.98 Å². The summed E-state index contributed by atoms with van der Waals surface area (Å²) in [5.74, 6) is 0.353. The summed E-state index contributed by atoms with van der Waals surface area (Å²) in [6, 6.07) is 5.70. The molecule has 0 radical (unpaired) electrons. The molecule has 0 aliphatic heterocycles. The van der Waals surface area contributed by atoms with Gasteiger partial charge in [-0.3, -0.25) is 14.3 Å². The van der Waals surface area contributed by atoms with E-state index in [1.807, 2.05) is 22.9 Å². The van der Waals surface area contributed by atoms with E-state index in [4.69, 9.17) is 11.6 Å². The zero-order valence-corrected chi connectivity index (χ0v) is 15.4. The summed E-state index contributed by atoms with van der Waals surface area (Å²) in [7, 11) is 0. The maximum Gasteiger partial charge on any atom is 0.254 e. The number of H-pyrrole nitrogens is 1. The van der Waals surface area contributed by atoms with E-state index >= 15 is 0 Å². The monoisotopic (exact) mass is 373 g/mol. The molecule has 0 unspecified atom stereocenters. The van der Waals surface area contributed by atoms with Gasteiger partial charge in [-0.2, -0.15) is 5.10 Å². The van der Waals surface area contributed by atoms with E-state index in [0.29, 0.717) is 35.2 Å². The number of hydrogen-bond donors (Lipinski definition) is 2. The first-order valence-electron chi connectivity index (χ1n) is 8.39. The third-order valence-electron chi connectivity index (χ3n) is 4.20. The molecule has 1 amide bonds. The van der Waals surface area contributed by atoms with E-state index in [-0.39, 0.29) is 17.9 Å². The highest BCUT2D eigenvalue weighted by atomic mass is 35.5. The molecule has 26 heavy (non-hydrogen) atoms. The molecular formula is C18H20ClN5O2. The highest BCUT2D eigenvalue weighted by molar-refractivity contribution is 6.35. The van der Waals surface area contributed by atoms with Crippen molar-refractivity contribution in [1.29, 1.82) is 0 Å². The second-order valence-electron chi connectivity index (χ2n) is 6.14. The molecule has 3 rings (SSSR count). The Balaban J connectivity index is 1.53. The van der Waals surface area contributed by atoms with Crippen LogP contribution in [0.4, 0.5) is 0 Å². The topological polar surface area (TPSA) is 92.7 Å². The Hall–Kier alpha value is -2.67. The van der Waals surface area contributed by atoms with Crippen molar-refractivity contribution in [2.45, 2.75) is 33.2 Å². The minimum atomic E-state index is -0.204. The molecule has 0 atom stereocenters. The van der Waals surface area contributed by atoms with Crippen LogP contribution in [0, 0.1) is 13.8 Å². The first-order valence-corrected chi connectivity index (χ1v) is 8.76. The van der Waals surface area contributed by atoms with E-state index in [2.05, 4.69) is 20.4 Å². The van der Waals surface area contributed by atoms with Crippen LogP contribution in [0.15, 0.2) is 29.2 Å². The number of aromatic amines is 1. The number of halogens is 1. The van der Waals surface area contributed by atoms with Crippen LogP contribution in [-0.2, 0) is 17.8 Å². The standard InChI is InChI=1S/C18H20ClN5O2/c1-11-15(22-12(2)23-18(11)26)9-17(25)20-7-4-8-24-16-6-3-5-14(19)13(16)10-21-24/h3,5-6,10H,4,7-9H2,1-2H3,(H,20,25)(H,22,23,26). The second kappa shape index (κ2) is 7.70. The molecule has 1 aromatic carbocycles. The fourth-order valence-electron chi connectivity index (χ4n) is 2.79. The number of fused-ring (bicyclic) bond motifs is 1. The molecule has 3 aromatic rings. The highest BCUT2D eigenvalue weighted by Gasteiger charge is 2.11. The molecule has 0 saturated carbocycles. The smallest absolute Gasteiger partial charge is 0.254 e. The number of aromatic nitrogens is 4. The van der Waals surface area contributed by atoms with E-state index in [9.17, 15) is 9.59 Å². The van der Waals surface area contributed by atoms with Crippen molar-refractivity contribution in [2.75, 3.05) is 6.54 Å². The van der Waals surface area contributed by atoms with Crippen LogP contribution in [0.2, 0.25) is 5.02 Å². The van der Waals surface area contributed by atoms with Crippen molar-refractivity contribution in [3.05, 3.63) is 56.9 Å². The summed E-state index contributed by atoms with van der Waals surface area (Å²) >= 11 is 6.14. The first-order chi connectivity index (χ1) is 12.5. The molecule has 0 saturated heterocycles. The zero-order chi connectivity index (χ0) is 18.7. The van der Waals surface area contributed by atoms with Gasteiger partial charge < -0.3 is 10.3 Å². The largest absolute Gasteiger partial charge is 0.356 e. The van der Waals surface area contributed by atoms with Crippen molar-refractivity contribution in [1.82, 2.24) is 25.1 Å². The second-order valence-corrected chi connectivity index (χ2v) is 6.55. The van der Waals surface area contributed by atoms with Gasteiger partial charge in [0.05, 0.1) is 28.9 Å². The quantitative estimate of drug-likeness (QED) is 0.647. The predicted molar refractivity (Wildman–Crippen MR) is 100 cm³/mol. The molecule has 7 nitrogen and oxygen atoms in total. The summed E-state index contributed by atoms with van der Waals surface area (Å²) in [6.07, 6.45) is 2.58. The lowest BCUT2D eigenvalue weighted by atomic mass is 10.2. The molecule has 0 bridgehead atoms. The van der Waals surface area contributed by atoms with Gasteiger partial charge in [-0.15, -0.1) is 0 Å². The van der Waals surface area contributed by atoms with Crippen molar-refractivity contribution in [3.8, 4) is 0 Å². The number of amides is 1. The molecule has 0 fully saturated rings. The Kier molecular flexibility index (Phi) is 5.37. The van der Waals surface area contributed by atoms with Gasteiger partial charge in [-0.05, 0) is 32.4 Å². The van der Waals surface area contributed by atoms with Crippen LogP contribution in [-0.4, -0.2) is 32.2 Å². The third kappa shape index (κ3) is 3.94. The normalized spacial score (nSPS) is 11.0. The van der Waals surface area contributed by atoms with Crippen LogP contribution in [0.1, 0.15) is 23.5 Å². The number of carbonyl (C=O) groups excluding carboxylic acids is 1. The Morgan fingerprint density at radius 3 is 2.96 bits per heavy atom. The predicted octanol–water partition coefficient (Wildman–Crippen LogP) is 2.14. The fraction of sp³-hybridized carbons (Fsp3) is 0.333. The number of carbonyl (C=O) groups is 1. The minimum Gasteiger partial charge on any atom is -0.356 e. The van der Waals surface area contributed by atoms with Gasteiger partial charge in [0.15, 0.2) is 0 Å². The van der Waals surface area contributed by atoms with Gasteiger partial charge in [0.1, 0.15) is 5.82 Å². The van der Waals surface area contributed by atoms with E-state index in [1.165, 1.54) is 0 Å². The molecule has 2 heterocycles. The Bertz CT molecular complexity index is 1010. The molecule has 8 heteroatoms. The van der Waals surface area contributed by atoms with Crippen molar-refractivity contribution >= 4 is 28.4 Å². The first kappa shape index (κ1) is 18.1. The average Bonchev–Trinajstić information content (AvgIpc) is 3.01. The number of rotatable bonds is 6. The van der Waals surface area contributed by atoms with Crippen LogP contribution >= 0.6 is 11.6 Å². The maximum atomic E-state index is 12.1. The lowest BCUT2D eigenvalue weighted by Gasteiger charge is -2.08. The summed E-state index contributed by atoms with van der Waals surface area (Å²) in [4.78, 5) is 30.7. The molecule has 2 N–H and O–H groups in total. The van der Waals surface area contributed by atoms with Gasteiger partial charge >= 0.3 is 0 Å². The number of benzene rings is 1. The Labute approximate surface area is 155 Å². The molecule has 0 aliphatic rings. The molecule has 136 valence electrons. The summed E-state index contributed by atoms with van der Waals surface area (Å²) in [5, 5.41) is 8.80. The van der Waals surface area contributed by atoms with E-state index in [1.54, 1.807) is 20.0 Å². The van der Waals surface area contributed by atoms with Gasteiger partial charge in [0.25, 0.3) is 5.56 Å². The highest BCUT2D eigenvalue weighted by Crippen LogP contribution is 2.22. The lowest BCUT2D eigenvalue weighted by Crippen LogP contribution is -2.29. The Morgan fingerprint density at radius 2 is 2.15 bits per heavy atom. The third-order valence-corrected chi connectivity index (χ3v) is 4.53. The Morgan fingerprint density at radius 1 is 1.35 bits per heavy atom. The van der Waals surface area contributed by atoms with Crippen LogP contribution < -0.4 is 10.9 Å². The van der Waals surface area contributed by atoms with E-state index < -0.39 is 0 Å². The number of nitrogens with zero attached hydrogens (tertiary/aromatic N) is 3. The van der Waals surface area contributed by atoms with Crippen LogP contribution in [0.3, 0.4) is 0 Å². The summed E-state index contributed by atoms with van der Waals surface area (Å²) in [5.41, 5.74) is 1.76. The molecule has 0 aliphatic carbocycles. The number of hydrogen-bond acceptors (Lipinski definition) is 4. The minimum absolute atomic E-state index is 0.0941. The SMILES string of the molecule is Cc1nc(CC(=O)NCCCn2ncc3c(Cl)cccc32)c(C)c(=O)[nH]1. The lowest BCUT2D eigenvalue weighted by molar-refractivity contribution is -0.120. The molecule has 0 spiro atoms. The van der Waals surface area contributed by atoms with Crippen molar-refractivity contribution in [3.63, 3.8) is 0 Å². The molecule has 2 aromatic heterocycles. The average molecular weight is 374 g/mol. The van der Waals surface area contributed by atoms with Gasteiger partial charge in [0.2, 0.25) is 5.91 Å². The fourth-order valence-corrected chi connectivity index (χ4v) is 3.01. The summed E-state index contributed by atoms with van der Waals surface area (Å²) in [6.45, 7) is 4.55. The maximum absolute atomic E-state index is 12.1. The summed E-state index contributed by atoms with van der Waals surface area (Å²) < 4.78 is 1.87. The molecular weight excluding hydrogens is 354 g/mol.